The minimum atomic E-state index is -0.988. The van der Waals surface area contributed by atoms with Crippen LogP contribution in [-0.2, 0) is 16.0 Å². The van der Waals surface area contributed by atoms with E-state index >= 15 is 0 Å². The van der Waals surface area contributed by atoms with Gasteiger partial charge in [0, 0.05) is 36.6 Å². The topological polar surface area (TPSA) is 78.9 Å². The SMILES string of the molecule is CC(C)(C)OC(=O)N[C@H](CC(=O)O)Cc1cccc(N(CCCl)CCCl)c1. The average molecular weight is 419 g/mol. The van der Waals surface area contributed by atoms with E-state index in [1.54, 1.807) is 20.8 Å². The van der Waals surface area contributed by atoms with Gasteiger partial charge in [-0.25, -0.2) is 4.79 Å². The summed E-state index contributed by atoms with van der Waals surface area (Å²) in [5, 5.41) is 11.8. The Labute approximate surface area is 170 Å². The first-order chi connectivity index (χ1) is 12.6. The van der Waals surface area contributed by atoms with Crippen LogP contribution in [0, 0.1) is 0 Å². The molecule has 0 aliphatic heterocycles. The molecular weight excluding hydrogens is 391 g/mol. The predicted octanol–water partition coefficient (Wildman–Crippen LogP) is 3.88. The highest BCUT2D eigenvalue weighted by Crippen LogP contribution is 2.18. The Hall–Kier alpha value is -1.66. The summed E-state index contributed by atoms with van der Waals surface area (Å²) in [4.78, 5) is 25.3. The fourth-order valence-electron chi connectivity index (χ4n) is 2.60. The number of rotatable bonds is 10. The van der Waals surface area contributed by atoms with E-state index in [-0.39, 0.29) is 6.42 Å². The zero-order valence-corrected chi connectivity index (χ0v) is 17.5. The van der Waals surface area contributed by atoms with Crippen molar-refractivity contribution in [2.75, 3.05) is 29.7 Å². The molecule has 2 N–H and O–H groups in total. The van der Waals surface area contributed by atoms with E-state index in [1.807, 2.05) is 24.3 Å². The number of anilines is 1. The summed E-state index contributed by atoms with van der Waals surface area (Å²) in [5.74, 6) is -0.0375. The third-order valence-electron chi connectivity index (χ3n) is 3.61. The Bertz CT molecular complexity index is 614. The second kappa shape index (κ2) is 11.2. The van der Waals surface area contributed by atoms with Gasteiger partial charge in [0.15, 0.2) is 0 Å². The molecule has 0 bridgehead atoms. The predicted molar refractivity (Wildman–Crippen MR) is 109 cm³/mol. The third-order valence-corrected chi connectivity index (χ3v) is 3.95. The smallest absolute Gasteiger partial charge is 0.407 e. The molecule has 6 nitrogen and oxygen atoms in total. The molecule has 0 saturated heterocycles. The van der Waals surface area contributed by atoms with E-state index in [1.165, 1.54) is 0 Å². The number of alkyl halides is 2. The highest BCUT2D eigenvalue weighted by molar-refractivity contribution is 6.18. The van der Waals surface area contributed by atoms with Gasteiger partial charge in [-0.05, 0) is 44.9 Å². The van der Waals surface area contributed by atoms with Crippen LogP contribution < -0.4 is 10.2 Å². The van der Waals surface area contributed by atoms with Gasteiger partial charge in [-0.2, -0.15) is 0 Å². The second-order valence-corrected chi connectivity index (χ2v) is 7.94. The molecule has 0 spiro atoms. The third kappa shape index (κ3) is 9.73. The van der Waals surface area contributed by atoms with Gasteiger partial charge < -0.3 is 20.1 Å². The number of carbonyl (C=O) groups is 2. The number of ether oxygens (including phenoxy) is 1. The van der Waals surface area contributed by atoms with Gasteiger partial charge in [0.1, 0.15) is 5.60 Å². The molecule has 0 aliphatic carbocycles. The maximum absolute atomic E-state index is 12.0. The highest BCUT2D eigenvalue weighted by atomic mass is 35.5. The lowest BCUT2D eigenvalue weighted by atomic mass is 10.0. The molecule has 8 heteroatoms. The molecular formula is C19H28Cl2N2O4. The van der Waals surface area contributed by atoms with Gasteiger partial charge >= 0.3 is 12.1 Å². The number of halogens is 2. The number of hydrogen-bond acceptors (Lipinski definition) is 4. The van der Waals surface area contributed by atoms with Crippen LogP contribution in [0.3, 0.4) is 0 Å². The first-order valence-electron chi connectivity index (χ1n) is 8.81. The minimum Gasteiger partial charge on any atom is -0.481 e. The first kappa shape index (κ1) is 23.4. The van der Waals surface area contributed by atoms with Crippen LogP contribution in [0.4, 0.5) is 10.5 Å². The molecule has 1 aromatic carbocycles. The van der Waals surface area contributed by atoms with Crippen molar-refractivity contribution in [1.82, 2.24) is 5.32 Å². The van der Waals surface area contributed by atoms with Crippen LogP contribution >= 0.6 is 23.2 Å². The van der Waals surface area contributed by atoms with E-state index in [4.69, 9.17) is 33.0 Å². The molecule has 0 unspecified atom stereocenters. The fraction of sp³-hybridized carbons (Fsp3) is 0.579. The highest BCUT2D eigenvalue weighted by Gasteiger charge is 2.21. The number of nitrogens with zero attached hydrogens (tertiary/aromatic N) is 1. The lowest BCUT2D eigenvalue weighted by Gasteiger charge is -2.25. The van der Waals surface area contributed by atoms with Crippen LogP contribution in [0.25, 0.3) is 0 Å². The molecule has 1 aromatic rings. The molecule has 0 aliphatic rings. The number of carboxylic acids is 1. The number of aliphatic carboxylic acids is 1. The first-order valence-corrected chi connectivity index (χ1v) is 9.88. The molecule has 1 rings (SSSR count). The van der Waals surface area contributed by atoms with Crippen molar-refractivity contribution >= 4 is 41.0 Å². The lowest BCUT2D eigenvalue weighted by molar-refractivity contribution is -0.137. The van der Waals surface area contributed by atoms with Gasteiger partial charge in [-0.15, -0.1) is 23.2 Å². The Morgan fingerprint density at radius 2 is 1.85 bits per heavy atom. The van der Waals surface area contributed by atoms with Crippen LogP contribution in [0.1, 0.15) is 32.8 Å². The Morgan fingerprint density at radius 3 is 2.37 bits per heavy atom. The second-order valence-electron chi connectivity index (χ2n) is 7.18. The average Bonchev–Trinajstić information content (AvgIpc) is 2.52. The summed E-state index contributed by atoms with van der Waals surface area (Å²) < 4.78 is 5.23. The van der Waals surface area contributed by atoms with Crippen molar-refractivity contribution in [2.24, 2.45) is 0 Å². The molecule has 0 aromatic heterocycles. The van der Waals surface area contributed by atoms with Crippen molar-refractivity contribution in [1.29, 1.82) is 0 Å². The van der Waals surface area contributed by atoms with Gasteiger partial charge in [0.2, 0.25) is 0 Å². The maximum atomic E-state index is 12.0. The Morgan fingerprint density at radius 1 is 1.22 bits per heavy atom. The van der Waals surface area contributed by atoms with Crippen molar-refractivity contribution < 1.29 is 19.4 Å². The molecule has 1 amide bonds. The van der Waals surface area contributed by atoms with Crippen molar-refractivity contribution in [2.45, 2.75) is 45.3 Å². The van der Waals surface area contributed by atoms with E-state index in [0.29, 0.717) is 31.3 Å². The molecule has 152 valence electrons. The number of carbonyl (C=O) groups excluding carboxylic acids is 1. The van der Waals surface area contributed by atoms with Gasteiger partial charge in [0.25, 0.3) is 0 Å². The summed E-state index contributed by atoms with van der Waals surface area (Å²) in [6.07, 6.45) is -0.457. The standard InChI is InChI=1S/C19H28Cl2N2O4/c1-19(2,3)27-18(26)22-15(13-17(24)25)11-14-5-4-6-16(12-14)23(9-7-20)10-8-21/h4-6,12,15H,7-11,13H2,1-3H3,(H,22,26)(H,24,25)/t15-/m0/s1. The number of benzene rings is 1. The van der Waals surface area contributed by atoms with Crippen LogP contribution in [0.2, 0.25) is 0 Å². The number of carboxylic acid groups (broad SMARTS) is 1. The summed E-state index contributed by atoms with van der Waals surface area (Å²) in [6.45, 7) is 6.58. The minimum absolute atomic E-state index is 0.198. The molecule has 0 heterocycles. The molecule has 1 atom stereocenters. The Balaban J connectivity index is 2.89. The van der Waals surface area contributed by atoms with Gasteiger partial charge in [-0.3, -0.25) is 4.79 Å². The van der Waals surface area contributed by atoms with E-state index in [0.717, 1.165) is 11.3 Å². The fourth-order valence-corrected chi connectivity index (χ4v) is 3.01. The quantitative estimate of drug-likeness (QED) is 0.563. The maximum Gasteiger partial charge on any atom is 0.407 e. The largest absolute Gasteiger partial charge is 0.481 e. The zero-order chi connectivity index (χ0) is 20.4. The zero-order valence-electron chi connectivity index (χ0n) is 16.0. The molecule has 0 radical (unpaired) electrons. The molecule has 0 fully saturated rings. The summed E-state index contributed by atoms with van der Waals surface area (Å²) in [6, 6.07) is 7.13. The monoisotopic (exact) mass is 418 g/mol. The van der Waals surface area contributed by atoms with Crippen molar-refractivity contribution in [3.8, 4) is 0 Å². The number of alkyl carbamates (subject to hydrolysis) is 1. The lowest BCUT2D eigenvalue weighted by Crippen LogP contribution is -2.41. The normalized spacial score (nSPS) is 12.3. The van der Waals surface area contributed by atoms with E-state index in [9.17, 15) is 9.59 Å². The van der Waals surface area contributed by atoms with Gasteiger partial charge in [0.05, 0.1) is 6.42 Å². The summed E-state index contributed by atoms with van der Waals surface area (Å²) in [5.41, 5.74) is 1.21. The van der Waals surface area contributed by atoms with Crippen LogP contribution in [-0.4, -0.2) is 53.7 Å². The van der Waals surface area contributed by atoms with Gasteiger partial charge in [-0.1, -0.05) is 12.1 Å². The summed E-state index contributed by atoms with van der Waals surface area (Å²) >= 11 is 11.7. The van der Waals surface area contributed by atoms with Crippen LogP contribution in [0.15, 0.2) is 24.3 Å². The van der Waals surface area contributed by atoms with Crippen molar-refractivity contribution in [3.05, 3.63) is 29.8 Å². The number of amides is 1. The summed E-state index contributed by atoms with van der Waals surface area (Å²) in [7, 11) is 0. The number of nitrogens with one attached hydrogen (secondary N) is 1. The Kier molecular flexibility index (Phi) is 9.74. The molecule has 0 saturated carbocycles. The van der Waals surface area contributed by atoms with Crippen molar-refractivity contribution in [3.63, 3.8) is 0 Å². The molecule has 27 heavy (non-hydrogen) atoms. The van der Waals surface area contributed by atoms with Crippen LogP contribution in [0.5, 0.6) is 0 Å². The van der Waals surface area contributed by atoms with E-state index in [2.05, 4.69) is 10.2 Å². The van der Waals surface area contributed by atoms with E-state index < -0.39 is 23.7 Å². The number of hydrogen-bond donors (Lipinski definition) is 2.